The first-order valence-electron chi connectivity index (χ1n) is 7.64. The highest BCUT2D eigenvalue weighted by Gasteiger charge is 2.36. The number of H-pyrrole nitrogens is 1. The summed E-state index contributed by atoms with van der Waals surface area (Å²) >= 11 is 0. The number of likely N-dealkylation sites (tertiary alicyclic amines) is 1. The van der Waals surface area contributed by atoms with Crippen molar-refractivity contribution in [3.05, 3.63) is 51.8 Å². The van der Waals surface area contributed by atoms with Gasteiger partial charge in [-0.3, -0.25) is 4.79 Å². The molecule has 0 bridgehead atoms. The van der Waals surface area contributed by atoms with Gasteiger partial charge in [-0.05, 0) is 30.4 Å². The molecule has 1 aromatic carbocycles. The predicted molar refractivity (Wildman–Crippen MR) is 78.6 cm³/mol. The summed E-state index contributed by atoms with van der Waals surface area (Å²) < 4.78 is 5.02. The van der Waals surface area contributed by atoms with E-state index in [2.05, 4.69) is 16.3 Å². The van der Waals surface area contributed by atoms with E-state index < -0.39 is 5.76 Å². The van der Waals surface area contributed by atoms with Gasteiger partial charge in [0, 0.05) is 19.0 Å². The van der Waals surface area contributed by atoms with Crippen LogP contribution in [0.3, 0.4) is 0 Å². The highest BCUT2D eigenvalue weighted by Crippen LogP contribution is 2.37. The Morgan fingerprint density at radius 1 is 1.27 bits per heavy atom. The summed E-state index contributed by atoms with van der Waals surface area (Å²) in [5.74, 6) is 0.319. The number of hydrogen-bond acceptors (Lipinski definition) is 4. The Morgan fingerprint density at radius 2 is 2.05 bits per heavy atom. The quantitative estimate of drug-likeness (QED) is 0.909. The minimum Gasteiger partial charge on any atom is -0.392 e. The molecule has 114 valence electrons. The van der Waals surface area contributed by atoms with Crippen LogP contribution >= 0.6 is 0 Å². The number of aromatic amines is 1. The molecule has 6 heteroatoms. The third-order valence-corrected chi connectivity index (χ3v) is 4.76. The van der Waals surface area contributed by atoms with Gasteiger partial charge in [0.05, 0.1) is 5.92 Å². The molecule has 1 unspecified atom stereocenters. The van der Waals surface area contributed by atoms with Crippen LogP contribution in [0.1, 0.15) is 41.7 Å². The second-order valence-corrected chi connectivity index (χ2v) is 6.01. The zero-order chi connectivity index (χ0) is 15.1. The number of amides is 1. The van der Waals surface area contributed by atoms with Crippen molar-refractivity contribution >= 4 is 5.91 Å². The van der Waals surface area contributed by atoms with E-state index in [9.17, 15) is 9.59 Å². The molecule has 4 rings (SSSR count). The number of hydrogen-bond donors (Lipinski definition) is 1. The number of carbonyl (C=O) groups excluding carboxylic acids is 1. The molecule has 2 aromatic rings. The predicted octanol–water partition coefficient (Wildman–Crippen LogP) is 1.41. The second kappa shape index (κ2) is 5.12. The van der Waals surface area contributed by atoms with E-state index in [1.165, 1.54) is 11.1 Å². The van der Waals surface area contributed by atoms with Crippen LogP contribution in [0.2, 0.25) is 0 Å². The van der Waals surface area contributed by atoms with Gasteiger partial charge in [0.25, 0.3) is 0 Å². The molecule has 0 saturated carbocycles. The van der Waals surface area contributed by atoms with Crippen molar-refractivity contribution in [3.8, 4) is 0 Å². The molecule has 2 heterocycles. The van der Waals surface area contributed by atoms with Crippen LogP contribution in [0.15, 0.2) is 33.5 Å². The summed E-state index contributed by atoms with van der Waals surface area (Å²) in [6.45, 7) is 1.39. The van der Waals surface area contributed by atoms with Crippen molar-refractivity contribution in [2.45, 2.75) is 31.1 Å². The number of nitrogens with zero attached hydrogens (tertiary/aromatic N) is 2. The van der Waals surface area contributed by atoms with E-state index in [4.69, 9.17) is 4.42 Å². The molecule has 1 saturated heterocycles. The molecule has 2 aliphatic rings. The zero-order valence-corrected chi connectivity index (χ0v) is 12.1. The van der Waals surface area contributed by atoms with Crippen LogP contribution in [0.4, 0.5) is 0 Å². The molecular formula is C16H17N3O3. The number of benzene rings is 1. The van der Waals surface area contributed by atoms with Crippen LogP contribution < -0.4 is 5.76 Å². The van der Waals surface area contributed by atoms with Crippen LogP contribution in [0.25, 0.3) is 0 Å². The first kappa shape index (κ1) is 13.3. The maximum atomic E-state index is 12.6. The molecule has 1 aliphatic carbocycles. The monoisotopic (exact) mass is 299 g/mol. The average Bonchev–Trinajstić information content (AvgIpc) is 2.95. The molecule has 1 aliphatic heterocycles. The standard InChI is InChI=1S/C16H17N3O3/c20-15(13-9-11-3-1-2-4-12(11)13)19-7-5-10(6-8-19)14-17-18-16(21)22-14/h1-4,10,13H,5-9H2,(H,18,21). The largest absolute Gasteiger partial charge is 0.434 e. The molecule has 1 amide bonds. The molecule has 6 nitrogen and oxygen atoms in total. The maximum absolute atomic E-state index is 12.6. The lowest BCUT2D eigenvalue weighted by Crippen LogP contribution is -2.43. The van der Waals surface area contributed by atoms with Gasteiger partial charge in [0.2, 0.25) is 11.8 Å². The Labute approximate surface area is 127 Å². The summed E-state index contributed by atoms with van der Waals surface area (Å²) in [4.78, 5) is 25.6. The lowest BCUT2D eigenvalue weighted by atomic mass is 9.76. The number of fused-ring (bicyclic) bond motifs is 1. The lowest BCUT2D eigenvalue weighted by molar-refractivity contribution is -0.134. The van der Waals surface area contributed by atoms with Crippen molar-refractivity contribution in [2.24, 2.45) is 0 Å². The molecule has 1 N–H and O–H groups in total. The highest BCUT2D eigenvalue weighted by atomic mass is 16.4. The smallest absolute Gasteiger partial charge is 0.392 e. The molecule has 1 aromatic heterocycles. The summed E-state index contributed by atoms with van der Waals surface area (Å²) in [6.07, 6.45) is 2.42. The number of carbonyl (C=O) groups is 1. The van der Waals surface area contributed by atoms with E-state index in [0.717, 1.165) is 19.3 Å². The summed E-state index contributed by atoms with van der Waals surface area (Å²) in [5.41, 5.74) is 2.46. The normalized spacial score (nSPS) is 21.3. The molecular weight excluding hydrogens is 282 g/mol. The average molecular weight is 299 g/mol. The Balaban J connectivity index is 1.40. The van der Waals surface area contributed by atoms with Crippen LogP contribution in [0.5, 0.6) is 0 Å². The molecule has 0 spiro atoms. The van der Waals surface area contributed by atoms with Gasteiger partial charge in [-0.1, -0.05) is 24.3 Å². The van der Waals surface area contributed by atoms with Crippen molar-refractivity contribution in [2.75, 3.05) is 13.1 Å². The summed E-state index contributed by atoms with van der Waals surface area (Å²) in [7, 11) is 0. The van der Waals surface area contributed by atoms with Crippen LogP contribution in [-0.4, -0.2) is 34.1 Å². The van der Waals surface area contributed by atoms with Crippen molar-refractivity contribution in [3.63, 3.8) is 0 Å². The van der Waals surface area contributed by atoms with E-state index in [1.807, 2.05) is 23.1 Å². The Hall–Kier alpha value is -2.37. The van der Waals surface area contributed by atoms with Gasteiger partial charge < -0.3 is 9.32 Å². The SMILES string of the molecule is O=C(C1Cc2ccccc21)N1CCC(c2n[nH]c(=O)o2)CC1. The fraction of sp³-hybridized carbons (Fsp3) is 0.438. The van der Waals surface area contributed by atoms with Crippen molar-refractivity contribution in [1.29, 1.82) is 0 Å². The number of nitrogens with one attached hydrogen (secondary N) is 1. The fourth-order valence-electron chi connectivity index (χ4n) is 3.46. The third kappa shape index (κ3) is 2.15. The van der Waals surface area contributed by atoms with Crippen LogP contribution in [0, 0.1) is 0 Å². The Bertz CT molecular complexity index is 756. The zero-order valence-electron chi connectivity index (χ0n) is 12.1. The summed E-state index contributed by atoms with van der Waals surface area (Å²) in [6, 6.07) is 8.14. The van der Waals surface area contributed by atoms with E-state index in [1.54, 1.807) is 0 Å². The molecule has 1 atom stereocenters. The fourth-order valence-corrected chi connectivity index (χ4v) is 3.46. The van der Waals surface area contributed by atoms with Gasteiger partial charge in [0.15, 0.2) is 0 Å². The second-order valence-electron chi connectivity index (χ2n) is 6.01. The maximum Gasteiger partial charge on any atom is 0.434 e. The van der Waals surface area contributed by atoms with Crippen molar-refractivity contribution < 1.29 is 9.21 Å². The summed E-state index contributed by atoms with van der Waals surface area (Å²) in [5, 5.41) is 6.19. The Morgan fingerprint density at radius 3 is 2.73 bits per heavy atom. The lowest BCUT2D eigenvalue weighted by Gasteiger charge is -2.37. The van der Waals surface area contributed by atoms with Gasteiger partial charge in [-0.15, -0.1) is 5.10 Å². The number of piperidine rings is 1. The van der Waals surface area contributed by atoms with E-state index >= 15 is 0 Å². The van der Waals surface area contributed by atoms with Crippen LogP contribution in [-0.2, 0) is 11.2 Å². The first-order chi connectivity index (χ1) is 10.7. The third-order valence-electron chi connectivity index (χ3n) is 4.76. The van der Waals surface area contributed by atoms with E-state index in [0.29, 0.717) is 19.0 Å². The molecule has 0 radical (unpaired) electrons. The molecule has 1 fully saturated rings. The van der Waals surface area contributed by atoms with Gasteiger partial charge in [-0.2, -0.15) is 0 Å². The Kier molecular flexibility index (Phi) is 3.10. The van der Waals surface area contributed by atoms with E-state index in [-0.39, 0.29) is 17.7 Å². The van der Waals surface area contributed by atoms with Gasteiger partial charge in [0.1, 0.15) is 0 Å². The topological polar surface area (TPSA) is 79.2 Å². The minimum atomic E-state index is -0.514. The first-order valence-corrected chi connectivity index (χ1v) is 7.64. The highest BCUT2D eigenvalue weighted by molar-refractivity contribution is 5.87. The minimum absolute atomic E-state index is 0.0241. The van der Waals surface area contributed by atoms with Crippen molar-refractivity contribution in [1.82, 2.24) is 15.1 Å². The number of aromatic nitrogens is 2. The molecule has 22 heavy (non-hydrogen) atoms. The van der Waals surface area contributed by atoms with Gasteiger partial charge >= 0.3 is 5.76 Å². The van der Waals surface area contributed by atoms with Gasteiger partial charge in [-0.25, -0.2) is 9.89 Å². The number of rotatable bonds is 2.